The molecule has 1 aliphatic rings. The number of imide groups is 1. The first-order valence-electron chi connectivity index (χ1n) is 11.9. The summed E-state index contributed by atoms with van der Waals surface area (Å²) in [5.74, 6) is -0.754. The number of hydrogen-bond acceptors (Lipinski definition) is 6. The van der Waals surface area contributed by atoms with Crippen molar-refractivity contribution in [1.82, 2.24) is 4.90 Å². The zero-order chi connectivity index (χ0) is 25.8. The lowest BCUT2D eigenvalue weighted by Gasteiger charge is -2.27. The molecule has 0 aliphatic carbocycles. The van der Waals surface area contributed by atoms with Crippen LogP contribution in [0.2, 0.25) is 0 Å². The molecule has 2 amide bonds. The van der Waals surface area contributed by atoms with Crippen LogP contribution in [0.3, 0.4) is 0 Å². The highest BCUT2D eigenvalue weighted by molar-refractivity contribution is 5.97. The van der Waals surface area contributed by atoms with Gasteiger partial charge < -0.3 is 14.2 Å². The lowest BCUT2D eigenvalue weighted by atomic mass is 9.87. The molecular formula is C28H35NO6. The summed E-state index contributed by atoms with van der Waals surface area (Å²) in [4.78, 5) is 40.3. The van der Waals surface area contributed by atoms with Gasteiger partial charge in [0.1, 0.15) is 18.0 Å². The van der Waals surface area contributed by atoms with Crippen molar-refractivity contribution >= 4 is 18.0 Å². The predicted octanol–water partition coefficient (Wildman–Crippen LogP) is 5.11. The molecule has 7 nitrogen and oxygen atoms in total. The quantitative estimate of drug-likeness (QED) is 0.488. The molecular weight excluding hydrogens is 446 g/mol. The van der Waals surface area contributed by atoms with Crippen molar-refractivity contribution in [3.05, 3.63) is 64.7 Å². The molecule has 0 radical (unpaired) electrons. The number of benzene rings is 2. The van der Waals surface area contributed by atoms with Crippen LogP contribution in [-0.4, -0.2) is 48.2 Å². The maximum Gasteiger partial charge on any atom is 0.417 e. The summed E-state index contributed by atoms with van der Waals surface area (Å²) in [7, 11) is 1.60. The summed E-state index contributed by atoms with van der Waals surface area (Å²) in [5.41, 5.74) is 2.94. The number of carbonyl (C=O) groups is 3. The van der Waals surface area contributed by atoms with Gasteiger partial charge in [-0.1, -0.05) is 36.4 Å². The predicted molar refractivity (Wildman–Crippen MR) is 132 cm³/mol. The van der Waals surface area contributed by atoms with E-state index in [0.717, 1.165) is 22.3 Å². The first-order valence-corrected chi connectivity index (χ1v) is 11.9. The molecule has 0 spiro atoms. The highest BCUT2D eigenvalue weighted by atomic mass is 16.6. The molecule has 1 heterocycles. The third kappa shape index (κ3) is 6.41. The van der Waals surface area contributed by atoms with Crippen molar-refractivity contribution in [3.8, 4) is 5.75 Å². The fraction of sp³-hybridized carbons (Fsp3) is 0.464. The third-order valence-electron chi connectivity index (χ3n) is 6.24. The van der Waals surface area contributed by atoms with E-state index in [2.05, 4.69) is 0 Å². The molecule has 2 aromatic carbocycles. The van der Waals surface area contributed by atoms with Crippen LogP contribution in [0, 0.1) is 13.8 Å². The molecule has 1 saturated heterocycles. The van der Waals surface area contributed by atoms with Gasteiger partial charge in [-0.25, -0.2) is 9.69 Å². The fourth-order valence-corrected chi connectivity index (χ4v) is 4.42. The van der Waals surface area contributed by atoms with Crippen LogP contribution in [0.25, 0.3) is 0 Å². The minimum absolute atomic E-state index is 0.0461. The number of cyclic esters (lactones) is 1. The van der Waals surface area contributed by atoms with Gasteiger partial charge in [-0.05, 0) is 75.8 Å². The second kappa shape index (κ2) is 10.9. The van der Waals surface area contributed by atoms with Crippen LogP contribution in [0.1, 0.15) is 61.8 Å². The monoisotopic (exact) mass is 481 g/mol. The van der Waals surface area contributed by atoms with E-state index in [9.17, 15) is 14.4 Å². The smallest absolute Gasteiger partial charge is 0.417 e. The fourth-order valence-electron chi connectivity index (χ4n) is 4.42. The number of nitrogens with zero attached hydrogens (tertiary/aromatic N) is 1. The molecule has 2 atom stereocenters. The Morgan fingerprint density at radius 3 is 2.40 bits per heavy atom. The standard InChI is InChI=1S/C28H35NO6/c1-18-19(2)24(33-6)14-12-22(18)23(13-15-25(30)35-28(3,4)5)26(31)29-21(17-34-27(29)32)16-20-10-8-7-9-11-20/h7-12,14,21,23H,13,15-17H2,1-6H3/t21-,23-/m0/s1. The van der Waals surface area contributed by atoms with Gasteiger partial charge in [0.05, 0.1) is 19.1 Å². The van der Waals surface area contributed by atoms with Crippen molar-refractivity contribution < 1.29 is 28.6 Å². The molecule has 2 aromatic rings. The minimum Gasteiger partial charge on any atom is -0.496 e. The Labute approximate surface area is 207 Å². The lowest BCUT2D eigenvalue weighted by Crippen LogP contribution is -2.43. The van der Waals surface area contributed by atoms with Gasteiger partial charge in [0.25, 0.3) is 0 Å². The average molecular weight is 482 g/mol. The first-order chi connectivity index (χ1) is 16.5. The van der Waals surface area contributed by atoms with E-state index >= 15 is 0 Å². The molecule has 188 valence electrons. The Bertz CT molecular complexity index is 1070. The van der Waals surface area contributed by atoms with E-state index in [1.54, 1.807) is 27.9 Å². The van der Waals surface area contributed by atoms with E-state index < -0.39 is 23.7 Å². The molecule has 7 heteroatoms. The van der Waals surface area contributed by atoms with Crippen molar-refractivity contribution in [3.63, 3.8) is 0 Å². The van der Waals surface area contributed by atoms with Crippen LogP contribution < -0.4 is 4.74 Å². The normalized spacial score (nSPS) is 16.6. The van der Waals surface area contributed by atoms with Crippen LogP contribution in [0.15, 0.2) is 42.5 Å². The van der Waals surface area contributed by atoms with Crippen LogP contribution in [0.4, 0.5) is 4.79 Å². The number of methoxy groups -OCH3 is 1. The number of hydrogen-bond donors (Lipinski definition) is 0. The number of ether oxygens (including phenoxy) is 3. The molecule has 0 aromatic heterocycles. The summed E-state index contributed by atoms with van der Waals surface area (Å²) >= 11 is 0. The Morgan fingerprint density at radius 1 is 1.09 bits per heavy atom. The highest BCUT2D eigenvalue weighted by Gasteiger charge is 2.41. The van der Waals surface area contributed by atoms with Gasteiger partial charge in [-0.3, -0.25) is 9.59 Å². The number of carbonyl (C=O) groups excluding carboxylic acids is 3. The van der Waals surface area contributed by atoms with Gasteiger partial charge in [0, 0.05) is 6.42 Å². The molecule has 0 bridgehead atoms. The van der Waals surface area contributed by atoms with Crippen molar-refractivity contribution in [2.75, 3.05) is 13.7 Å². The van der Waals surface area contributed by atoms with Gasteiger partial charge >= 0.3 is 12.1 Å². The van der Waals surface area contributed by atoms with E-state index in [4.69, 9.17) is 14.2 Å². The summed E-state index contributed by atoms with van der Waals surface area (Å²) in [6, 6.07) is 12.9. The van der Waals surface area contributed by atoms with Crippen LogP contribution in [-0.2, 0) is 25.5 Å². The third-order valence-corrected chi connectivity index (χ3v) is 6.24. The Hall–Kier alpha value is -3.35. The minimum atomic E-state index is -0.712. The average Bonchev–Trinajstić information content (AvgIpc) is 3.15. The Morgan fingerprint density at radius 2 is 1.77 bits per heavy atom. The zero-order valence-corrected chi connectivity index (χ0v) is 21.4. The van der Waals surface area contributed by atoms with Gasteiger partial charge in [-0.2, -0.15) is 0 Å². The number of amides is 2. The molecule has 0 N–H and O–H groups in total. The highest BCUT2D eigenvalue weighted by Crippen LogP contribution is 2.34. The number of esters is 1. The molecule has 1 fully saturated rings. The Kier molecular flexibility index (Phi) is 8.20. The van der Waals surface area contributed by atoms with E-state index in [1.165, 1.54) is 4.90 Å². The van der Waals surface area contributed by atoms with Gasteiger partial charge in [-0.15, -0.1) is 0 Å². The largest absolute Gasteiger partial charge is 0.496 e. The second-order valence-corrected chi connectivity index (χ2v) is 9.91. The van der Waals surface area contributed by atoms with Crippen LogP contribution in [0.5, 0.6) is 5.75 Å². The zero-order valence-electron chi connectivity index (χ0n) is 21.4. The van der Waals surface area contributed by atoms with Crippen molar-refractivity contribution in [1.29, 1.82) is 0 Å². The summed E-state index contributed by atoms with van der Waals surface area (Å²) in [6.45, 7) is 9.40. The lowest BCUT2D eigenvalue weighted by molar-refractivity contribution is -0.155. The van der Waals surface area contributed by atoms with Crippen molar-refractivity contribution in [2.24, 2.45) is 0 Å². The molecule has 0 unspecified atom stereocenters. The van der Waals surface area contributed by atoms with E-state index in [-0.39, 0.29) is 31.3 Å². The molecule has 35 heavy (non-hydrogen) atoms. The van der Waals surface area contributed by atoms with Crippen molar-refractivity contribution in [2.45, 2.75) is 71.4 Å². The summed E-state index contributed by atoms with van der Waals surface area (Å²) in [5, 5.41) is 0. The van der Waals surface area contributed by atoms with E-state index in [1.807, 2.05) is 56.3 Å². The summed E-state index contributed by atoms with van der Waals surface area (Å²) < 4.78 is 16.2. The maximum atomic E-state index is 13.9. The molecule has 0 saturated carbocycles. The van der Waals surface area contributed by atoms with Gasteiger partial charge in [0.2, 0.25) is 5.91 Å². The molecule has 1 aliphatic heterocycles. The molecule has 3 rings (SSSR count). The summed E-state index contributed by atoms with van der Waals surface area (Å²) in [6.07, 6.45) is 0.103. The van der Waals surface area contributed by atoms with Crippen LogP contribution >= 0.6 is 0 Å². The Balaban J connectivity index is 1.92. The maximum absolute atomic E-state index is 13.9. The first kappa shape index (κ1) is 26.3. The SMILES string of the molecule is COc1ccc([C@H](CCC(=O)OC(C)(C)C)C(=O)N2C(=O)OC[C@@H]2Cc2ccccc2)c(C)c1C. The second-order valence-electron chi connectivity index (χ2n) is 9.91. The number of rotatable bonds is 8. The van der Waals surface area contributed by atoms with E-state index in [0.29, 0.717) is 12.2 Å². The topological polar surface area (TPSA) is 82.1 Å². The van der Waals surface area contributed by atoms with Gasteiger partial charge in [0.15, 0.2) is 0 Å².